The number of hydrogen-bond donors (Lipinski definition) is 1. The third-order valence-corrected chi connectivity index (χ3v) is 4.05. The molecule has 27 heavy (non-hydrogen) atoms. The molecule has 6 heteroatoms. The van der Waals surface area contributed by atoms with E-state index in [9.17, 15) is 9.59 Å². The number of aromatic carboxylic acids is 1. The van der Waals surface area contributed by atoms with Gasteiger partial charge in [-0.25, -0.2) is 9.59 Å². The van der Waals surface area contributed by atoms with Gasteiger partial charge in [0.05, 0.1) is 0 Å². The van der Waals surface area contributed by atoms with E-state index in [2.05, 4.69) is 0 Å². The van der Waals surface area contributed by atoms with Crippen molar-refractivity contribution in [2.24, 2.45) is 0 Å². The summed E-state index contributed by atoms with van der Waals surface area (Å²) in [6.07, 6.45) is 0. The molecule has 0 bridgehead atoms. The van der Waals surface area contributed by atoms with Crippen molar-refractivity contribution in [3.8, 4) is 16.9 Å². The van der Waals surface area contributed by atoms with Crippen LogP contribution in [0.2, 0.25) is 0 Å². The van der Waals surface area contributed by atoms with Gasteiger partial charge in [-0.15, -0.1) is 0 Å². The van der Waals surface area contributed by atoms with Gasteiger partial charge < -0.3 is 18.7 Å². The molecule has 2 aromatic heterocycles. The largest absolute Gasteiger partial charge is 0.486 e. The molecule has 0 saturated heterocycles. The predicted molar refractivity (Wildman–Crippen MR) is 97.9 cm³/mol. The van der Waals surface area contributed by atoms with Crippen LogP contribution in [0.4, 0.5) is 0 Å². The highest BCUT2D eigenvalue weighted by molar-refractivity contribution is 5.93. The van der Waals surface area contributed by atoms with Crippen LogP contribution in [0.25, 0.3) is 22.1 Å². The predicted octanol–water partition coefficient (Wildman–Crippen LogP) is 4.33. The fourth-order valence-electron chi connectivity index (χ4n) is 2.81. The molecule has 0 radical (unpaired) electrons. The summed E-state index contributed by atoms with van der Waals surface area (Å²) in [5, 5.41) is 9.66. The third-order valence-electron chi connectivity index (χ3n) is 4.05. The number of fused-ring (bicyclic) bond motifs is 1. The lowest BCUT2D eigenvalue weighted by atomic mass is 10.0. The molecule has 0 aliphatic carbocycles. The summed E-state index contributed by atoms with van der Waals surface area (Å²) in [4.78, 5) is 22.8. The molecule has 2 heterocycles. The molecule has 6 nitrogen and oxygen atoms in total. The van der Waals surface area contributed by atoms with Crippen molar-refractivity contribution >= 4 is 16.9 Å². The van der Waals surface area contributed by atoms with Crippen LogP contribution >= 0.6 is 0 Å². The summed E-state index contributed by atoms with van der Waals surface area (Å²) in [5.74, 6) is -0.427. The average molecular weight is 362 g/mol. The Kier molecular flexibility index (Phi) is 4.22. The van der Waals surface area contributed by atoms with E-state index in [1.807, 2.05) is 36.4 Å². The fraction of sp³-hybridized carbons (Fsp3) is 0.0476. The molecule has 4 aromatic rings. The first-order chi connectivity index (χ1) is 13.1. The average Bonchev–Trinajstić information content (AvgIpc) is 3.15. The first-order valence-electron chi connectivity index (χ1n) is 8.18. The Bertz CT molecular complexity index is 1170. The summed E-state index contributed by atoms with van der Waals surface area (Å²) < 4.78 is 16.1. The molecular formula is C21H14O6. The summed E-state index contributed by atoms with van der Waals surface area (Å²) in [6, 6.07) is 19.2. The molecule has 0 saturated carbocycles. The van der Waals surface area contributed by atoms with Gasteiger partial charge in [-0.05, 0) is 35.4 Å². The van der Waals surface area contributed by atoms with E-state index >= 15 is 0 Å². The van der Waals surface area contributed by atoms with Gasteiger partial charge in [0.1, 0.15) is 23.7 Å². The van der Waals surface area contributed by atoms with E-state index in [1.165, 1.54) is 18.2 Å². The SMILES string of the molecule is O=C(O)c1ccc(COc2ccc3c(-c4ccccc4)cc(=O)oc3c2)o1. The van der Waals surface area contributed by atoms with E-state index in [1.54, 1.807) is 12.1 Å². The highest BCUT2D eigenvalue weighted by Gasteiger charge is 2.11. The lowest BCUT2D eigenvalue weighted by Crippen LogP contribution is -1.99. The van der Waals surface area contributed by atoms with Crippen molar-refractivity contribution in [2.45, 2.75) is 6.61 Å². The second kappa shape index (κ2) is 6.84. The lowest BCUT2D eigenvalue weighted by molar-refractivity contribution is 0.0658. The summed E-state index contributed by atoms with van der Waals surface area (Å²) in [7, 11) is 0. The minimum Gasteiger partial charge on any atom is -0.486 e. The number of carbonyl (C=O) groups is 1. The maximum atomic E-state index is 12.0. The lowest BCUT2D eigenvalue weighted by Gasteiger charge is -2.08. The topological polar surface area (TPSA) is 89.9 Å². The number of benzene rings is 2. The van der Waals surface area contributed by atoms with Crippen molar-refractivity contribution in [2.75, 3.05) is 0 Å². The second-order valence-electron chi connectivity index (χ2n) is 5.86. The molecule has 0 aliphatic rings. The zero-order valence-electron chi connectivity index (χ0n) is 14.0. The van der Waals surface area contributed by atoms with Gasteiger partial charge >= 0.3 is 11.6 Å². The third kappa shape index (κ3) is 3.46. The first kappa shape index (κ1) is 16.7. The normalized spacial score (nSPS) is 10.8. The molecule has 0 amide bonds. The Morgan fingerprint density at radius 3 is 2.52 bits per heavy atom. The molecule has 2 aromatic carbocycles. The Hall–Kier alpha value is -3.80. The Balaban J connectivity index is 1.64. The van der Waals surface area contributed by atoms with Crippen LogP contribution in [0.3, 0.4) is 0 Å². The molecule has 0 spiro atoms. The zero-order valence-corrected chi connectivity index (χ0v) is 14.0. The quantitative estimate of drug-likeness (QED) is 0.532. The summed E-state index contributed by atoms with van der Waals surface area (Å²) in [5.41, 5.74) is 1.66. The molecule has 0 fully saturated rings. The van der Waals surface area contributed by atoms with E-state index in [-0.39, 0.29) is 12.4 Å². The molecule has 4 rings (SSSR count). The molecule has 0 unspecified atom stereocenters. The van der Waals surface area contributed by atoms with Gasteiger partial charge in [0.15, 0.2) is 0 Å². The maximum absolute atomic E-state index is 12.0. The van der Waals surface area contributed by atoms with Crippen LogP contribution in [0.15, 0.2) is 80.4 Å². The number of hydrogen-bond acceptors (Lipinski definition) is 5. The number of carboxylic acid groups (broad SMARTS) is 1. The van der Waals surface area contributed by atoms with Gasteiger partial charge in [0, 0.05) is 17.5 Å². The van der Waals surface area contributed by atoms with Crippen molar-refractivity contribution in [1.82, 2.24) is 0 Å². The molecule has 134 valence electrons. The van der Waals surface area contributed by atoms with Crippen molar-refractivity contribution in [3.05, 3.63) is 88.7 Å². The molecular weight excluding hydrogens is 348 g/mol. The Morgan fingerprint density at radius 1 is 0.963 bits per heavy atom. The van der Waals surface area contributed by atoms with E-state index in [0.717, 1.165) is 16.5 Å². The van der Waals surface area contributed by atoms with E-state index in [4.69, 9.17) is 18.7 Å². The standard InChI is InChI=1S/C21H14O6/c22-20-11-17(13-4-2-1-3-5-13)16-8-6-14(10-19(16)27-20)25-12-15-7-9-18(26-15)21(23)24/h1-11H,12H2,(H,23,24). The monoisotopic (exact) mass is 362 g/mol. The van der Waals surface area contributed by atoms with Crippen LogP contribution < -0.4 is 10.4 Å². The van der Waals surface area contributed by atoms with Gasteiger partial charge in [-0.2, -0.15) is 0 Å². The summed E-state index contributed by atoms with van der Waals surface area (Å²) >= 11 is 0. The second-order valence-corrected chi connectivity index (χ2v) is 5.86. The van der Waals surface area contributed by atoms with E-state index < -0.39 is 11.6 Å². The van der Waals surface area contributed by atoms with Gasteiger partial charge in [-0.3, -0.25) is 0 Å². The van der Waals surface area contributed by atoms with E-state index in [0.29, 0.717) is 17.1 Å². The highest BCUT2D eigenvalue weighted by atomic mass is 16.5. The minimum absolute atomic E-state index is 0.0569. The van der Waals surface area contributed by atoms with Crippen LogP contribution in [0.1, 0.15) is 16.3 Å². The zero-order chi connectivity index (χ0) is 18.8. The van der Waals surface area contributed by atoms with Gasteiger partial charge in [0.2, 0.25) is 5.76 Å². The van der Waals surface area contributed by atoms with Crippen LogP contribution in [0, 0.1) is 0 Å². The maximum Gasteiger partial charge on any atom is 0.371 e. The molecule has 0 aliphatic heterocycles. The smallest absolute Gasteiger partial charge is 0.371 e. The Labute approximate surface area is 153 Å². The van der Waals surface area contributed by atoms with Crippen molar-refractivity contribution in [1.29, 1.82) is 0 Å². The number of furan rings is 1. The van der Waals surface area contributed by atoms with Crippen molar-refractivity contribution < 1.29 is 23.5 Å². The van der Waals surface area contributed by atoms with Crippen LogP contribution in [0.5, 0.6) is 5.75 Å². The molecule has 0 atom stereocenters. The summed E-state index contributed by atoms with van der Waals surface area (Å²) in [6.45, 7) is 0.0569. The van der Waals surface area contributed by atoms with Gasteiger partial charge in [-0.1, -0.05) is 30.3 Å². The van der Waals surface area contributed by atoms with Gasteiger partial charge in [0.25, 0.3) is 0 Å². The highest BCUT2D eigenvalue weighted by Crippen LogP contribution is 2.29. The minimum atomic E-state index is -1.14. The Morgan fingerprint density at radius 2 is 1.78 bits per heavy atom. The fourth-order valence-corrected chi connectivity index (χ4v) is 2.81. The molecule has 1 N–H and O–H groups in total. The van der Waals surface area contributed by atoms with Crippen LogP contribution in [-0.2, 0) is 6.61 Å². The number of ether oxygens (including phenoxy) is 1. The van der Waals surface area contributed by atoms with Crippen molar-refractivity contribution in [3.63, 3.8) is 0 Å². The van der Waals surface area contributed by atoms with Crippen LogP contribution in [-0.4, -0.2) is 11.1 Å². The number of carboxylic acids is 1. The number of rotatable bonds is 5. The first-order valence-corrected chi connectivity index (χ1v) is 8.18.